The number of benzene rings is 3. The predicted molar refractivity (Wildman–Crippen MR) is 113 cm³/mol. The SMILES string of the molecule is Cc1cccc2ccc(-c3c(-c4ccccc4)oc4ccccc4c3=O)nc12. The van der Waals surface area contributed by atoms with Crippen molar-refractivity contribution >= 4 is 21.9 Å². The fourth-order valence-electron chi connectivity index (χ4n) is 3.60. The van der Waals surface area contributed by atoms with E-state index < -0.39 is 0 Å². The van der Waals surface area contributed by atoms with E-state index in [2.05, 4.69) is 0 Å². The molecule has 3 heteroatoms. The summed E-state index contributed by atoms with van der Waals surface area (Å²) in [4.78, 5) is 18.3. The second-order valence-electron chi connectivity index (χ2n) is 6.84. The van der Waals surface area contributed by atoms with E-state index in [0.29, 0.717) is 28.0 Å². The first-order chi connectivity index (χ1) is 13.7. The van der Waals surface area contributed by atoms with Crippen molar-refractivity contribution in [3.05, 3.63) is 101 Å². The van der Waals surface area contributed by atoms with Gasteiger partial charge in [0.1, 0.15) is 11.3 Å². The summed E-state index contributed by atoms with van der Waals surface area (Å²) in [5, 5.41) is 1.61. The van der Waals surface area contributed by atoms with Gasteiger partial charge in [-0.3, -0.25) is 4.79 Å². The van der Waals surface area contributed by atoms with E-state index >= 15 is 0 Å². The maximum atomic E-state index is 13.4. The quantitative estimate of drug-likeness (QED) is 0.387. The summed E-state index contributed by atoms with van der Waals surface area (Å²) >= 11 is 0. The molecule has 0 spiro atoms. The second-order valence-corrected chi connectivity index (χ2v) is 6.84. The smallest absolute Gasteiger partial charge is 0.202 e. The Balaban J connectivity index is 1.89. The van der Waals surface area contributed by atoms with E-state index in [1.165, 1.54) is 0 Å². The van der Waals surface area contributed by atoms with Gasteiger partial charge in [0.15, 0.2) is 0 Å². The number of aromatic nitrogens is 1. The van der Waals surface area contributed by atoms with Gasteiger partial charge < -0.3 is 4.42 Å². The van der Waals surface area contributed by atoms with E-state index in [-0.39, 0.29) is 5.43 Å². The fraction of sp³-hybridized carbons (Fsp3) is 0.0400. The molecule has 0 aliphatic carbocycles. The van der Waals surface area contributed by atoms with Gasteiger partial charge in [-0.15, -0.1) is 0 Å². The molecule has 5 rings (SSSR count). The third kappa shape index (κ3) is 2.60. The number of fused-ring (bicyclic) bond motifs is 2. The molecule has 2 aromatic heterocycles. The topological polar surface area (TPSA) is 43.1 Å². The number of para-hydroxylation sites is 2. The molecule has 0 atom stereocenters. The lowest BCUT2D eigenvalue weighted by Gasteiger charge is -2.11. The Bertz CT molecular complexity index is 1380. The summed E-state index contributed by atoms with van der Waals surface area (Å²) in [6.45, 7) is 2.03. The van der Waals surface area contributed by atoms with E-state index in [1.54, 1.807) is 6.07 Å². The van der Waals surface area contributed by atoms with Crippen LogP contribution in [-0.4, -0.2) is 4.98 Å². The third-order valence-corrected chi connectivity index (χ3v) is 5.01. The zero-order valence-corrected chi connectivity index (χ0v) is 15.3. The monoisotopic (exact) mass is 363 g/mol. The number of nitrogens with zero attached hydrogens (tertiary/aromatic N) is 1. The highest BCUT2D eigenvalue weighted by molar-refractivity contribution is 5.90. The molecule has 28 heavy (non-hydrogen) atoms. The van der Waals surface area contributed by atoms with E-state index in [9.17, 15) is 4.79 Å². The molecule has 0 bridgehead atoms. The van der Waals surface area contributed by atoms with Crippen LogP contribution in [0.3, 0.4) is 0 Å². The van der Waals surface area contributed by atoms with E-state index in [1.807, 2.05) is 85.8 Å². The number of hydrogen-bond acceptors (Lipinski definition) is 3. The summed E-state index contributed by atoms with van der Waals surface area (Å²) in [5.74, 6) is 0.546. The van der Waals surface area contributed by atoms with E-state index in [4.69, 9.17) is 9.40 Å². The summed E-state index contributed by atoms with van der Waals surface area (Å²) in [7, 11) is 0. The van der Waals surface area contributed by atoms with Crippen LogP contribution in [0, 0.1) is 6.92 Å². The van der Waals surface area contributed by atoms with Crippen LogP contribution in [0.5, 0.6) is 0 Å². The first kappa shape index (κ1) is 16.5. The van der Waals surface area contributed by atoms with Crippen molar-refractivity contribution in [1.29, 1.82) is 0 Å². The maximum Gasteiger partial charge on any atom is 0.202 e. The Hall–Kier alpha value is -3.72. The van der Waals surface area contributed by atoms with Crippen LogP contribution in [0.1, 0.15) is 5.56 Å². The molecular formula is C25H17NO2. The number of hydrogen-bond donors (Lipinski definition) is 0. The Morgan fingerprint density at radius 3 is 2.43 bits per heavy atom. The standard InChI is InChI=1S/C25H17NO2/c1-16-8-7-11-17-14-15-20(26-23(16)17)22-24(27)19-12-5-6-13-21(19)28-25(22)18-9-3-2-4-10-18/h2-15H,1H3. The first-order valence-corrected chi connectivity index (χ1v) is 9.20. The van der Waals surface area contributed by atoms with Gasteiger partial charge in [0.25, 0.3) is 0 Å². The van der Waals surface area contributed by atoms with Crippen LogP contribution >= 0.6 is 0 Å². The van der Waals surface area contributed by atoms with Crippen molar-refractivity contribution in [3.8, 4) is 22.6 Å². The van der Waals surface area contributed by atoms with Crippen molar-refractivity contribution in [2.45, 2.75) is 6.92 Å². The summed E-state index contributed by atoms with van der Waals surface area (Å²) in [6, 6.07) is 27.0. The average Bonchev–Trinajstić information content (AvgIpc) is 2.74. The van der Waals surface area contributed by atoms with Crippen molar-refractivity contribution in [2.24, 2.45) is 0 Å². The number of aryl methyl sites for hydroxylation is 1. The fourth-order valence-corrected chi connectivity index (χ4v) is 3.60. The van der Waals surface area contributed by atoms with Gasteiger partial charge in [-0.05, 0) is 30.7 Å². The number of pyridine rings is 1. The minimum absolute atomic E-state index is 0.0684. The largest absolute Gasteiger partial charge is 0.455 e. The molecule has 0 N–H and O–H groups in total. The van der Waals surface area contributed by atoms with Crippen LogP contribution in [0.2, 0.25) is 0 Å². The van der Waals surface area contributed by atoms with Gasteiger partial charge in [0.2, 0.25) is 5.43 Å². The highest BCUT2D eigenvalue weighted by Crippen LogP contribution is 2.32. The summed E-state index contributed by atoms with van der Waals surface area (Å²) in [6.07, 6.45) is 0. The summed E-state index contributed by atoms with van der Waals surface area (Å²) in [5.41, 5.74) is 4.45. The zero-order chi connectivity index (χ0) is 19.1. The molecule has 5 aromatic rings. The molecule has 3 nitrogen and oxygen atoms in total. The van der Waals surface area contributed by atoms with E-state index in [0.717, 1.165) is 22.0 Å². The predicted octanol–water partition coefficient (Wildman–Crippen LogP) is 5.98. The Morgan fingerprint density at radius 2 is 1.57 bits per heavy atom. The summed E-state index contributed by atoms with van der Waals surface area (Å²) < 4.78 is 6.22. The first-order valence-electron chi connectivity index (χ1n) is 9.20. The molecule has 2 heterocycles. The lowest BCUT2D eigenvalue weighted by Crippen LogP contribution is -2.08. The molecule has 0 aliphatic heterocycles. The van der Waals surface area contributed by atoms with Crippen molar-refractivity contribution in [3.63, 3.8) is 0 Å². The van der Waals surface area contributed by atoms with Crippen molar-refractivity contribution in [1.82, 2.24) is 4.98 Å². The Morgan fingerprint density at radius 1 is 0.786 bits per heavy atom. The van der Waals surface area contributed by atoms with Gasteiger partial charge in [0, 0.05) is 10.9 Å². The molecule has 0 aliphatic rings. The third-order valence-electron chi connectivity index (χ3n) is 5.01. The van der Waals surface area contributed by atoms with Crippen LogP contribution in [0.15, 0.2) is 94.1 Å². The van der Waals surface area contributed by atoms with Crippen LogP contribution in [0.4, 0.5) is 0 Å². The second kappa shape index (κ2) is 6.46. The van der Waals surface area contributed by atoms with Crippen LogP contribution in [-0.2, 0) is 0 Å². The highest BCUT2D eigenvalue weighted by atomic mass is 16.3. The number of rotatable bonds is 2. The normalized spacial score (nSPS) is 11.2. The highest BCUT2D eigenvalue weighted by Gasteiger charge is 2.19. The lowest BCUT2D eigenvalue weighted by atomic mass is 10.0. The van der Waals surface area contributed by atoms with Crippen LogP contribution in [0.25, 0.3) is 44.5 Å². The molecule has 3 aromatic carbocycles. The Labute approximate surface area is 161 Å². The molecule has 0 radical (unpaired) electrons. The molecule has 0 amide bonds. The van der Waals surface area contributed by atoms with Gasteiger partial charge >= 0.3 is 0 Å². The molecule has 134 valence electrons. The van der Waals surface area contributed by atoms with Crippen LogP contribution < -0.4 is 5.43 Å². The molecule has 0 fully saturated rings. The Kier molecular flexibility index (Phi) is 3.80. The van der Waals surface area contributed by atoms with Gasteiger partial charge in [-0.1, -0.05) is 66.7 Å². The maximum absolute atomic E-state index is 13.4. The zero-order valence-electron chi connectivity index (χ0n) is 15.3. The molecule has 0 saturated carbocycles. The molecule has 0 unspecified atom stereocenters. The van der Waals surface area contributed by atoms with Gasteiger partial charge in [-0.25, -0.2) is 4.98 Å². The van der Waals surface area contributed by atoms with Gasteiger partial charge in [-0.2, -0.15) is 0 Å². The van der Waals surface area contributed by atoms with Gasteiger partial charge in [0.05, 0.1) is 22.2 Å². The minimum atomic E-state index is -0.0684. The minimum Gasteiger partial charge on any atom is -0.455 e. The van der Waals surface area contributed by atoms with Crippen molar-refractivity contribution < 1.29 is 4.42 Å². The average molecular weight is 363 g/mol. The molecule has 0 saturated heterocycles. The lowest BCUT2D eigenvalue weighted by molar-refractivity contribution is 0.620. The molecular weight excluding hydrogens is 346 g/mol. The van der Waals surface area contributed by atoms with Crippen molar-refractivity contribution in [2.75, 3.05) is 0 Å².